The molecule has 0 unspecified atom stereocenters. The van der Waals surface area contributed by atoms with Crippen molar-refractivity contribution in [3.05, 3.63) is 97.4 Å². The van der Waals surface area contributed by atoms with Gasteiger partial charge in [-0.05, 0) is 74.2 Å². The number of nitrogens with zero attached hydrogens (tertiary/aromatic N) is 4. The second kappa shape index (κ2) is 18.3. The quantitative estimate of drug-likeness (QED) is 0.0914. The van der Waals surface area contributed by atoms with Crippen molar-refractivity contribution in [1.82, 2.24) is 30.4 Å². The monoisotopic (exact) mass is 909 g/mol. The molecule has 4 aliphatic rings. The highest BCUT2D eigenvalue weighted by Gasteiger charge is 2.37. The maximum absolute atomic E-state index is 13.2. The molecule has 0 bridgehead atoms. The maximum Gasteiger partial charge on any atom is 0.264 e. The number of aromatic nitrogens is 2. The van der Waals surface area contributed by atoms with Crippen molar-refractivity contribution in [3.63, 3.8) is 0 Å². The van der Waals surface area contributed by atoms with E-state index < -0.39 is 0 Å². The van der Waals surface area contributed by atoms with E-state index >= 15 is 0 Å². The fourth-order valence-electron chi connectivity index (χ4n) is 8.46. The number of anilines is 1. The number of ether oxygens (including phenoxy) is 2. The Bertz CT molecular complexity index is 2350. The Labute approximate surface area is 374 Å². The number of rotatable bonds is 16. The van der Waals surface area contributed by atoms with Crippen LogP contribution in [0.2, 0.25) is 0 Å². The van der Waals surface area contributed by atoms with Gasteiger partial charge in [-0.2, -0.15) is 0 Å². The summed E-state index contributed by atoms with van der Waals surface area (Å²) in [6.07, 6.45) is 3.12. The van der Waals surface area contributed by atoms with Crippen LogP contribution in [0.1, 0.15) is 71.8 Å². The number of amides is 3. The van der Waals surface area contributed by atoms with Crippen LogP contribution in [0.4, 0.5) is 5.00 Å². The molecule has 13 nitrogen and oxygen atoms in total. The Morgan fingerprint density at radius 3 is 1.77 bits per heavy atom. The second-order valence-electron chi connectivity index (χ2n) is 16.5. The molecule has 0 aliphatic carbocycles. The van der Waals surface area contributed by atoms with Crippen molar-refractivity contribution in [2.24, 2.45) is 0 Å². The largest absolute Gasteiger partial charge is 0.377 e. The molecule has 0 radical (unpaired) electrons. The Morgan fingerprint density at radius 1 is 0.645 bits per heavy atom. The molecular formula is C45H47N7O6S4. The minimum absolute atomic E-state index is 0.0155. The third-order valence-electron chi connectivity index (χ3n) is 12.1. The van der Waals surface area contributed by atoms with Crippen LogP contribution < -0.4 is 16.0 Å². The summed E-state index contributed by atoms with van der Waals surface area (Å²) in [6, 6.07) is 23.0. The molecule has 17 heteroatoms. The van der Waals surface area contributed by atoms with Gasteiger partial charge in [0, 0.05) is 75.6 Å². The van der Waals surface area contributed by atoms with Gasteiger partial charge in [-0.15, -0.1) is 45.3 Å². The van der Waals surface area contributed by atoms with Gasteiger partial charge in [-0.1, -0.05) is 24.3 Å². The second-order valence-corrected chi connectivity index (χ2v) is 20.9. The third-order valence-corrected chi connectivity index (χ3v) is 16.5. The number of nitrogens with one attached hydrogen (secondary N) is 3. The summed E-state index contributed by atoms with van der Waals surface area (Å²) in [5, 5.41) is 12.4. The lowest BCUT2D eigenvalue weighted by atomic mass is 10.0. The van der Waals surface area contributed by atoms with Crippen LogP contribution >= 0.6 is 45.3 Å². The smallest absolute Gasteiger partial charge is 0.264 e. The predicted octanol–water partition coefficient (Wildman–Crippen LogP) is 6.53. The van der Waals surface area contributed by atoms with Gasteiger partial charge in [0.05, 0.1) is 59.5 Å². The van der Waals surface area contributed by atoms with Gasteiger partial charge in [0.2, 0.25) is 5.91 Å². The van der Waals surface area contributed by atoms with Gasteiger partial charge in [-0.3, -0.25) is 19.2 Å². The van der Waals surface area contributed by atoms with E-state index in [1.54, 1.807) is 34.8 Å². The number of Topliss-reactive ketones (excluding diaryl/α,β-unsaturated/α-hetero) is 1. The molecule has 10 rings (SSSR count). The molecule has 4 saturated heterocycles. The minimum Gasteiger partial charge on any atom is -0.377 e. The average molecular weight is 910 g/mol. The third kappa shape index (κ3) is 9.13. The number of thiazole rings is 2. The van der Waals surface area contributed by atoms with Crippen molar-refractivity contribution in [2.45, 2.75) is 68.2 Å². The van der Waals surface area contributed by atoms with Crippen LogP contribution in [0.25, 0.3) is 20.4 Å². The van der Waals surface area contributed by atoms with E-state index in [-0.39, 0.29) is 59.6 Å². The number of fused-ring (bicyclic) bond motifs is 2. The summed E-state index contributed by atoms with van der Waals surface area (Å²) in [6.45, 7) is 5.04. The molecule has 4 aromatic heterocycles. The Morgan fingerprint density at radius 2 is 1.18 bits per heavy atom. The molecular weight excluding hydrogens is 863 g/mol. The molecule has 8 heterocycles. The summed E-state index contributed by atoms with van der Waals surface area (Å²) in [7, 11) is 0. The fourth-order valence-corrected chi connectivity index (χ4v) is 12.4. The highest BCUT2D eigenvalue weighted by atomic mass is 32.1. The molecule has 62 heavy (non-hydrogen) atoms. The SMILES string of the molecule is O=C(Cc1ccc(C(=O)N2CC(c3nc4ccccc4s3)C2)s1)[C@@H]1C[C@@H](OCCCCO[C@H]2CN[C@H](C(=O)Nc3ccc(C(=O)N4CC(c5nc6ccccc6s5)C4)s3)C2)CN1. The van der Waals surface area contributed by atoms with E-state index in [1.165, 1.54) is 32.1 Å². The molecule has 6 aromatic rings. The minimum atomic E-state index is -0.362. The van der Waals surface area contributed by atoms with Crippen molar-refractivity contribution >= 4 is 94.3 Å². The number of ketones is 1. The number of hydrogen-bond acceptors (Lipinski definition) is 14. The van der Waals surface area contributed by atoms with Gasteiger partial charge in [0.15, 0.2) is 5.78 Å². The number of para-hydroxylation sites is 2. The lowest BCUT2D eigenvalue weighted by Gasteiger charge is -2.37. The standard InChI is InChI=1S/C45H47N7O6S4/c53-35(19-30-11-12-38(59-30)44(55)51-22-26(23-51)42-48-31-7-1-3-9-36(31)61-42)33-17-28(20-46-33)57-15-5-6-16-58-29-18-34(47-21-29)41(54)50-40-14-13-39(60-40)45(56)52-24-27(25-52)43-49-32-8-2-4-10-37(32)62-43/h1-4,7-14,26-29,33-34,46-47H,5-6,15-25H2,(H,50,54)/t28-,29-,33+,34+/m1/s1. The number of carbonyl (C=O) groups is 4. The first-order valence-electron chi connectivity index (χ1n) is 21.3. The molecule has 0 saturated carbocycles. The first-order chi connectivity index (χ1) is 30.3. The number of benzene rings is 2. The van der Waals surface area contributed by atoms with Gasteiger partial charge >= 0.3 is 0 Å². The Balaban J connectivity index is 0.577. The average Bonchev–Trinajstić information content (AvgIpc) is 4.10. The van der Waals surface area contributed by atoms with Gasteiger partial charge in [-0.25, -0.2) is 9.97 Å². The molecule has 3 N–H and O–H groups in total. The van der Waals surface area contributed by atoms with E-state index in [4.69, 9.17) is 19.4 Å². The predicted molar refractivity (Wildman–Crippen MR) is 244 cm³/mol. The van der Waals surface area contributed by atoms with Gasteiger partial charge in [0.25, 0.3) is 11.8 Å². The lowest BCUT2D eigenvalue weighted by molar-refractivity contribution is -0.120. The highest BCUT2D eigenvalue weighted by molar-refractivity contribution is 7.19. The number of carbonyl (C=O) groups excluding carboxylic acids is 4. The number of hydrogen-bond donors (Lipinski definition) is 3. The van der Waals surface area contributed by atoms with Crippen LogP contribution in [0, 0.1) is 0 Å². The van der Waals surface area contributed by atoms with Crippen molar-refractivity contribution in [2.75, 3.05) is 57.8 Å². The van der Waals surface area contributed by atoms with E-state index in [0.717, 1.165) is 38.8 Å². The zero-order chi connectivity index (χ0) is 42.2. The molecule has 2 aromatic carbocycles. The Hall–Kier alpha value is -4.46. The topological polar surface area (TPSA) is 155 Å². The van der Waals surface area contributed by atoms with Crippen LogP contribution in [-0.2, 0) is 25.5 Å². The summed E-state index contributed by atoms with van der Waals surface area (Å²) in [4.78, 5) is 67.9. The van der Waals surface area contributed by atoms with Crippen LogP contribution in [0.15, 0.2) is 72.8 Å². The normalized spacial score (nSPS) is 21.7. The fraction of sp³-hybridized carbons (Fsp3) is 0.422. The van der Waals surface area contributed by atoms with E-state index in [1.807, 2.05) is 58.3 Å². The molecule has 4 fully saturated rings. The van der Waals surface area contributed by atoms with Gasteiger partial charge in [0.1, 0.15) is 10.0 Å². The Kier molecular flexibility index (Phi) is 12.3. The molecule has 322 valence electrons. The van der Waals surface area contributed by atoms with Crippen LogP contribution in [-0.4, -0.2) is 120 Å². The molecule has 4 aliphatic heterocycles. The van der Waals surface area contributed by atoms with Crippen molar-refractivity contribution < 1.29 is 28.7 Å². The van der Waals surface area contributed by atoms with E-state index in [0.29, 0.717) is 86.5 Å². The molecule has 4 atom stereocenters. The van der Waals surface area contributed by atoms with E-state index in [2.05, 4.69) is 28.1 Å². The summed E-state index contributed by atoms with van der Waals surface area (Å²) in [5.41, 5.74) is 2.02. The summed E-state index contributed by atoms with van der Waals surface area (Å²) in [5.74, 6) is 0.535. The van der Waals surface area contributed by atoms with Crippen molar-refractivity contribution in [3.8, 4) is 0 Å². The number of unbranched alkanes of at least 4 members (excludes halogenated alkanes) is 1. The zero-order valence-corrected chi connectivity index (χ0v) is 37.2. The highest BCUT2D eigenvalue weighted by Crippen LogP contribution is 2.36. The zero-order valence-electron chi connectivity index (χ0n) is 34.0. The maximum atomic E-state index is 13.2. The lowest BCUT2D eigenvalue weighted by Crippen LogP contribution is -2.48. The van der Waals surface area contributed by atoms with Crippen LogP contribution in [0.3, 0.4) is 0 Å². The molecule has 3 amide bonds. The van der Waals surface area contributed by atoms with E-state index in [9.17, 15) is 19.2 Å². The summed E-state index contributed by atoms with van der Waals surface area (Å²) >= 11 is 6.12. The number of likely N-dealkylation sites (tertiary alicyclic amines) is 2. The first-order valence-corrected chi connectivity index (χ1v) is 24.6. The number of thiophene rings is 2. The van der Waals surface area contributed by atoms with Gasteiger partial charge < -0.3 is 35.2 Å². The van der Waals surface area contributed by atoms with Crippen LogP contribution in [0.5, 0.6) is 0 Å². The summed E-state index contributed by atoms with van der Waals surface area (Å²) < 4.78 is 14.5. The van der Waals surface area contributed by atoms with Crippen molar-refractivity contribution in [1.29, 1.82) is 0 Å². The molecule has 0 spiro atoms. The first kappa shape index (κ1) is 41.5.